The molecule has 1 aromatic rings. The van der Waals surface area contributed by atoms with Gasteiger partial charge in [0, 0.05) is 29.0 Å². The van der Waals surface area contributed by atoms with Gasteiger partial charge in [-0.3, -0.25) is 0 Å². The minimum absolute atomic E-state index is 0.258. The van der Waals surface area contributed by atoms with Crippen molar-refractivity contribution in [3.63, 3.8) is 0 Å². The van der Waals surface area contributed by atoms with Crippen molar-refractivity contribution in [2.75, 3.05) is 11.4 Å². The molecule has 0 aliphatic carbocycles. The number of halogens is 1. The highest BCUT2D eigenvalue weighted by Crippen LogP contribution is 2.45. The zero-order valence-electron chi connectivity index (χ0n) is 12.0. The third kappa shape index (κ3) is 2.20. The van der Waals surface area contributed by atoms with Gasteiger partial charge < -0.3 is 4.90 Å². The summed E-state index contributed by atoms with van der Waals surface area (Å²) in [6.45, 7) is 10.6. The van der Waals surface area contributed by atoms with Gasteiger partial charge in [-0.25, -0.2) is 0 Å². The molecule has 2 rings (SSSR count). The minimum Gasteiger partial charge on any atom is -0.368 e. The number of hydrogen-bond donors (Lipinski definition) is 0. The van der Waals surface area contributed by atoms with E-state index >= 15 is 0 Å². The summed E-state index contributed by atoms with van der Waals surface area (Å²) in [4.78, 5) is 2.60. The molecule has 1 aliphatic heterocycles. The fourth-order valence-electron chi connectivity index (χ4n) is 2.91. The fourth-order valence-corrected chi connectivity index (χ4v) is 3.26. The molecule has 2 heteroatoms. The Bertz CT molecular complexity index is 425. The monoisotopic (exact) mass is 309 g/mol. The Kier molecular flexibility index (Phi) is 4.05. The van der Waals surface area contributed by atoms with Crippen molar-refractivity contribution in [3.8, 4) is 0 Å². The molecule has 1 nitrogen and oxygen atoms in total. The van der Waals surface area contributed by atoms with E-state index in [-0.39, 0.29) is 5.41 Å². The lowest BCUT2D eigenvalue weighted by Crippen LogP contribution is -2.39. The van der Waals surface area contributed by atoms with Gasteiger partial charge in [0.1, 0.15) is 0 Å². The molecule has 0 spiro atoms. The first-order chi connectivity index (χ1) is 8.52. The molecule has 100 valence electrons. The topological polar surface area (TPSA) is 3.24 Å². The van der Waals surface area contributed by atoms with Crippen LogP contribution < -0.4 is 4.90 Å². The molecule has 0 bridgehead atoms. The van der Waals surface area contributed by atoms with Gasteiger partial charge in [-0.1, -0.05) is 55.3 Å². The summed E-state index contributed by atoms with van der Waals surface area (Å²) in [5.41, 5.74) is 4.60. The second-order valence-electron chi connectivity index (χ2n) is 5.93. The Morgan fingerprint density at radius 2 is 2.06 bits per heavy atom. The Balaban J connectivity index is 2.41. The van der Waals surface area contributed by atoms with Crippen LogP contribution in [0.3, 0.4) is 0 Å². The molecule has 0 radical (unpaired) electrons. The number of benzene rings is 1. The third-order valence-corrected chi connectivity index (χ3v) is 5.13. The molecule has 0 N–H and O–H groups in total. The van der Waals surface area contributed by atoms with Crippen molar-refractivity contribution in [1.82, 2.24) is 0 Å². The van der Waals surface area contributed by atoms with E-state index in [1.807, 2.05) is 0 Å². The third-order valence-electron chi connectivity index (χ3n) is 4.48. The predicted molar refractivity (Wildman–Crippen MR) is 83.8 cm³/mol. The maximum absolute atomic E-state index is 3.56. The van der Waals surface area contributed by atoms with Crippen LogP contribution in [0.1, 0.15) is 51.7 Å². The van der Waals surface area contributed by atoms with E-state index in [2.05, 4.69) is 66.7 Å². The average Bonchev–Trinajstić information content (AvgIpc) is 2.55. The van der Waals surface area contributed by atoms with E-state index in [4.69, 9.17) is 0 Å². The van der Waals surface area contributed by atoms with Gasteiger partial charge >= 0.3 is 0 Å². The van der Waals surface area contributed by atoms with Crippen LogP contribution in [0.25, 0.3) is 0 Å². The summed E-state index contributed by atoms with van der Waals surface area (Å²) >= 11 is 3.56. The summed E-state index contributed by atoms with van der Waals surface area (Å²) in [6, 6.07) is 7.54. The second-order valence-corrected chi connectivity index (χ2v) is 6.49. The van der Waals surface area contributed by atoms with Crippen LogP contribution in [0.2, 0.25) is 0 Å². The summed E-state index contributed by atoms with van der Waals surface area (Å²) in [6.07, 6.45) is 2.54. The quantitative estimate of drug-likeness (QED) is 0.717. The lowest BCUT2D eigenvalue weighted by atomic mass is 9.81. The number of rotatable bonds is 4. The first-order valence-electron chi connectivity index (χ1n) is 6.98. The Labute approximate surface area is 120 Å². The zero-order chi connectivity index (χ0) is 13.3. The predicted octanol–water partition coefficient (Wildman–Crippen LogP) is 4.87. The molecule has 1 aliphatic rings. The van der Waals surface area contributed by atoms with Gasteiger partial charge in [0.05, 0.1) is 0 Å². The molecular formula is C16H24BrN. The van der Waals surface area contributed by atoms with Crippen LogP contribution in [0, 0.1) is 0 Å². The number of alkyl halides is 1. The van der Waals surface area contributed by atoms with Gasteiger partial charge in [0.2, 0.25) is 0 Å². The summed E-state index contributed by atoms with van der Waals surface area (Å²) < 4.78 is 0. The first-order valence-corrected chi connectivity index (χ1v) is 8.10. The largest absolute Gasteiger partial charge is 0.368 e. The number of unbranched alkanes of at least 4 members (excludes halogenated alkanes) is 1. The van der Waals surface area contributed by atoms with Crippen LogP contribution in [0.4, 0.5) is 5.69 Å². The van der Waals surface area contributed by atoms with Crippen molar-refractivity contribution in [1.29, 1.82) is 0 Å². The van der Waals surface area contributed by atoms with Crippen LogP contribution >= 0.6 is 15.9 Å². The molecule has 1 atom stereocenters. The SMILES string of the molecule is CCCCN1c2cc(CBr)ccc2C(C)(C)[C@H]1C. The summed E-state index contributed by atoms with van der Waals surface area (Å²) in [5.74, 6) is 0. The Morgan fingerprint density at radius 3 is 2.67 bits per heavy atom. The van der Waals surface area contributed by atoms with Gasteiger partial charge in [-0.2, -0.15) is 0 Å². The maximum Gasteiger partial charge on any atom is 0.0410 e. The second kappa shape index (κ2) is 5.24. The van der Waals surface area contributed by atoms with E-state index in [1.54, 1.807) is 0 Å². The van der Waals surface area contributed by atoms with Crippen molar-refractivity contribution in [3.05, 3.63) is 29.3 Å². The first kappa shape index (κ1) is 13.9. The molecule has 0 unspecified atom stereocenters. The molecule has 0 saturated carbocycles. The maximum atomic E-state index is 3.56. The highest BCUT2D eigenvalue weighted by molar-refractivity contribution is 9.08. The molecule has 18 heavy (non-hydrogen) atoms. The average molecular weight is 310 g/mol. The smallest absolute Gasteiger partial charge is 0.0410 e. The highest BCUT2D eigenvalue weighted by Gasteiger charge is 2.41. The number of hydrogen-bond acceptors (Lipinski definition) is 1. The lowest BCUT2D eigenvalue weighted by molar-refractivity contribution is 0.438. The van der Waals surface area contributed by atoms with Crippen molar-refractivity contribution >= 4 is 21.6 Å². The van der Waals surface area contributed by atoms with Crippen molar-refractivity contribution in [2.45, 2.75) is 57.3 Å². The Morgan fingerprint density at radius 1 is 1.33 bits per heavy atom. The van der Waals surface area contributed by atoms with E-state index in [0.29, 0.717) is 6.04 Å². The standard InChI is InChI=1S/C16H24BrN/c1-5-6-9-18-12(2)16(3,4)14-8-7-13(11-17)10-15(14)18/h7-8,10,12H,5-6,9,11H2,1-4H3/t12-/m1/s1. The van der Waals surface area contributed by atoms with E-state index < -0.39 is 0 Å². The molecular weight excluding hydrogens is 286 g/mol. The minimum atomic E-state index is 0.258. The van der Waals surface area contributed by atoms with Crippen molar-refractivity contribution < 1.29 is 0 Å². The number of nitrogens with zero attached hydrogens (tertiary/aromatic N) is 1. The van der Waals surface area contributed by atoms with Crippen molar-refractivity contribution in [2.24, 2.45) is 0 Å². The van der Waals surface area contributed by atoms with E-state index in [9.17, 15) is 0 Å². The molecule has 0 fully saturated rings. The van der Waals surface area contributed by atoms with Gasteiger partial charge in [0.15, 0.2) is 0 Å². The molecule has 0 amide bonds. The normalized spacial score (nSPS) is 21.2. The molecule has 0 saturated heterocycles. The van der Waals surface area contributed by atoms with Gasteiger partial charge in [-0.05, 0) is 30.5 Å². The molecule has 1 aromatic carbocycles. The van der Waals surface area contributed by atoms with Crippen LogP contribution in [0.15, 0.2) is 18.2 Å². The summed E-state index contributed by atoms with van der Waals surface area (Å²) in [7, 11) is 0. The summed E-state index contributed by atoms with van der Waals surface area (Å²) in [5, 5.41) is 0.941. The molecule has 0 aromatic heterocycles. The molecule has 1 heterocycles. The van der Waals surface area contributed by atoms with Crippen LogP contribution in [-0.2, 0) is 10.7 Å². The highest BCUT2D eigenvalue weighted by atomic mass is 79.9. The Hall–Kier alpha value is -0.500. The fraction of sp³-hybridized carbons (Fsp3) is 0.625. The van der Waals surface area contributed by atoms with Gasteiger partial charge in [0.25, 0.3) is 0 Å². The van der Waals surface area contributed by atoms with Gasteiger partial charge in [-0.15, -0.1) is 0 Å². The van der Waals surface area contributed by atoms with E-state index in [0.717, 1.165) is 5.33 Å². The zero-order valence-corrected chi connectivity index (χ0v) is 13.5. The van der Waals surface area contributed by atoms with Crippen LogP contribution in [-0.4, -0.2) is 12.6 Å². The lowest BCUT2D eigenvalue weighted by Gasteiger charge is -2.31. The van der Waals surface area contributed by atoms with Crippen LogP contribution in [0.5, 0.6) is 0 Å². The number of fused-ring (bicyclic) bond motifs is 1. The number of anilines is 1. The van der Waals surface area contributed by atoms with E-state index in [1.165, 1.54) is 36.2 Å².